The number of aromatic hydroxyl groups is 1. The SMILES string of the molecule is CC(=O)Nc1ccc2cn(-c3ccc4c(ccn4C)c3)c(O)c2c1. The number of fused-ring (bicyclic) bond motifs is 2. The summed E-state index contributed by atoms with van der Waals surface area (Å²) < 4.78 is 3.82. The fraction of sp³-hybridized carbons (Fsp3) is 0.105. The number of nitrogens with zero attached hydrogens (tertiary/aromatic N) is 2. The molecule has 0 unspecified atom stereocenters. The van der Waals surface area contributed by atoms with Gasteiger partial charge in [0, 0.05) is 59.4 Å². The van der Waals surface area contributed by atoms with Crippen LogP contribution in [0.25, 0.3) is 27.4 Å². The first-order chi connectivity index (χ1) is 11.5. The molecular weight excluding hydrogens is 302 g/mol. The number of hydrogen-bond acceptors (Lipinski definition) is 2. The van der Waals surface area contributed by atoms with Crippen LogP contribution in [-0.4, -0.2) is 20.1 Å². The van der Waals surface area contributed by atoms with Gasteiger partial charge >= 0.3 is 0 Å². The number of carbonyl (C=O) groups excluding carboxylic acids is 1. The highest BCUT2D eigenvalue weighted by atomic mass is 16.3. The second kappa shape index (κ2) is 5.16. The van der Waals surface area contributed by atoms with E-state index in [0.717, 1.165) is 22.0 Å². The van der Waals surface area contributed by atoms with Gasteiger partial charge in [0.25, 0.3) is 0 Å². The Morgan fingerprint density at radius 2 is 1.92 bits per heavy atom. The van der Waals surface area contributed by atoms with E-state index in [1.54, 1.807) is 10.6 Å². The number of aromatic nitrogens is 2. The molecule has 120 valence electrons. The molecule has 0 spiro atoms. The van der Waals surface area contributed by atoms with Crippen LogP contribution >= 0.6 is 0 Å². The van der Waals surface area contributed by atoms with E-state index in [4.69, 9.17) is 0 Å². The molecule has 4 rings (SSSR count). The lowest BCUT2D eigenvalue weighted by Crippen LogP contribution is -2.05. The van der Waals surface area contributed by atoms with E-state index in [-0.39, 0.29) is 11.8 Å². The zero-order chi connectivity index (χ0) is 16.8. The number of hydrogen-bond donors (Lipinski definition) is 2. The number of carbonyl (C=O) groups is 1. The van der Waals surface area contributed by atoms with Gasteiger partial charge in [0.1, 0.15) is 0 Å². The maximum atomic E-state index is 11.2. The van der Waals surface area contributed by atoms with E-state index in [2.05, 4.69) is 9.88 Å². The van der Waals surface area contributed by atoms with Gasteiger partial charge in [0.15, 0.2) is 0 Å². The Balaban J connectivity index is 1.85. The van der Waals surface area contributed by atoms with Gasteiger partial charge in [-0.15, -0.1) is 0 Å². The molecule has 0 aliphatic rings. The molecular formula is C19H17N3O2. The van der Waals surface area contributed by atoms with Crippen molar-refractivity contribution in [1.82, 2.24) is 9.13 Å². The van der Waals surface area contributed by atoms with Crippen molar-refractivity contribution in [1.29, 1.82) is 0 Å². The third-order valence-corrected chi connectivity index (χ3v) is 4.26. The number of benzene rings is 2. The molecule has 0 radical (unpaired) electrons. The summed E-state index contributed by atoms with van der Waals surface area (Å²) >= 11 is 0. The average Bonchev–Trinajstić information content (AvgIpc) is 3.08. The molecule has 2 N–H and O–H groups in total. The lowest BCUT2D eigenvalue weighted by atomic mass is 10.2. The van der Waals surface area contributed by atoms with Crippen molar-refractivity contribution in [2.75, 3.05) is 5.32 Å². The smallest absolute Gasteiger partial charge is 0.221 e. The van der Waals surface area contributed by atoms with E-state index in [1.807, 2.05) is 55.8 Å². The van der Waals surface area contributed by atoms with Crippen molar-refractivity contribution in [2.45, 2.75) is 6.92 Å². The average molecular weight is 319 g/mol. The van der Waals surface area contributed by atoms with Gasteiger partial charge in [0.2, 0.25) is 11.8 Å². The molecule has 0 saturated heterocycles. The Kier molecular flexibility index (Phi) is 3.09. The van der Waals surface area contributed by atoms with Gasteiger partial charge in [-0.2, -0.15) is 0 Å². The number of anilines is 1. The van der Waals surface area contributed by atoms with Crippen molar-refractivity contribution in [3.8, 4) is 11.6 Å². The summed E-state index contributed by atoms with van der Waals surface area (Å²) in [5.74, 6) is 0.0234. The van der Waals surface area contributed by atoms with Gasteiger partial charge < -0.3 is 15.0 Å². The summed E-state index contributed by atoms with van der Waals surface area (Å²) in [5, 5.41) is 16.1. The minimum Gasteiger partial charge on any atom is -0.494 e. The highest BCUT2D eigenvalue weighted by molar-refractivity contribution is 5.96. The summed E-state index contributed by atoms with van der Waals surface area (Å²) in [6.45, 7) is 1.46. The monoisotopic (exact) mass is 319 g/mol. The van der Waals surface area contributed by atoms with Gasteiger partial charge in [0.05, 0.1) is 0 Å². The van der Waals surface area contributed by atoms with Crippen molar-refractivity contribution < 1.29 is 9.90 Å². The maximum Gasteiger partial charge on any atom is 0.221 e. The van der Waals surface area contributed by atoms with Crippen LogP contribution < -0.4 is 5.32 Å². The second-order valence-electron chi connectivity index (χ2n) is 5.98. The summed E-state index contributed by atoms with van der Waals surface area (Å²) in [6.07, 6.45) is 3.91. The molecule has 2 aromatic carbocycles. The minimum absolute atomic E-state index is 0.136. The van der Waals surface area contributed by atoms with Crippen LogP contribution in [0.4, 0.5) is 5.69 Å². The lowest BCUT2D eigenvalue weighted by molar-refractivity contribution is -0.114. The molecule has 2 aromatic heterocycles. The molecule has 24 heavy (non-hydrogen) atoms. The first-order valence-electron chi connectivity index (χ1n) is 7.70. The van der Waals surface area contributed by atoms with Gasteiger partial charge in [-0.3, -0.25) is 9.36 Å². The largest absolute Gasteiger partial charge is 0.494 e. The molecule has 0 aliphatic carbocycles. The Hall–Kier alpha value is -3.21. The van der Waals surface area contributed by atoms with Crippen LogP contribution in [0.3, 0.4) is 0 Å². The maximum absolute atomic E-state index is 11.2. The summed E-state index contributed by atoms with van der Waals surface area (Å²) in [4.78, 5) is 11.2. The number of rotatable bonds is 2. The van der Waals surface area contributed by atoms with Gasteiger partial charge in [-0.1, -0.05) is 6.07 Å². The number of aryl methyl sites for hydroxylation is 1. The van der Waals surface area contributed by atoms with Crippen molar-refractivity contribution >= 4 is 33.3 Å². The Labute approximate surface area is 138 Å². The third-order valence-electron chi connectivity index (χ3n) is 4.26. The van der Waals surface area contributed by atoms with Crippen molar-refractivity contribution in [3.05, 3.63) is 54.9 Å². The minimum atomic E-state index is -0.136. The van der Waals surface area contributed by atoms with Crippen LogP contribution in [0.1, 0.15) is 6.92 Å². The van der Waals surface area contributed by atoms with E-state index in [0.29, 0.717) is 11.1 Å². The van der Waals surface area contributed by atoms with Crippen LogP contribution in [0.15, 0.2) is 54.9 Å². The first kappa shape index (κ1) is 14.4. The zero-order valence-electron chi connectivity index (χ0n) is 13.4. The van der Waals surface area contributed by atoms with E-state index < -0.39 is 0 Å². The highest BCUT2D eigenvalue weighted by Gasteiger charge is 2.11. The third kappa shape index (κ3) is 2.22. The first-order valence-corrected chi connectivity index (χ1v) is 7.70. The molecule has 5 nitrogen and oxygen atoms in total. The molecule has 0 saturated carbocycles. The number of nitrogens with one attached hydrogen (secondary N) is 1. The quantitative estimate of drug-likeness (QED) is 0.590. The van der Waals surface area contributed by atoms with E-state index in [9.17, 15) is 9.90 Å². The molecule has 0 atom stereocenters. The fourth-order valence-electron chi connectivity index (χ4n) is 3.09. The van der Waals surface area contributed by atoms with Gasteiger partial charge in [-0.05, 0) is 36.4 Å². The Morgan fingerprint density at radius 1 is 1.08 bits per heavy atom. The normalized spacial score (nSPS) is 11.2. The van der Waals surface area contributed by atoms with Crippen LogP contribution in [-0.2, 0) is 11.8 Å². The Bertz CT molecular complexity index is 1090. The fourth-order valence-corrected chi connectivity index (χ4v) is 3.09. The van der Waals surface area contributed by atoms with E-state index >= 15 is 0 Å². The highest BCUT2D eigenvalue weighted by Crippen LogP contribution is 2.33. The summed E-state index contributed by atoms with van der Waals surface area (Å²) in [5.41, 5.74) is 2.70. The summed E-state index contributed by atoms with van der Waals surface area (Å²) in [7, 11) is 2.01. The topological polar surface area (TPSA) is 59.2 Å². The second-order valence-corrected chi connectivity index (χ2v) is 5.98. The predicted molar refractivity (Wildman–Crippen MR) is 95.7 cm³/mol. The van der Waals surface area contributed by atoms with Crippen LogP contribution in [0, 0.1) is 0 Å². The standard InChI is InChI=1S/C19H17N3O2/c1-12(23)20-15-4-3-14-11-22(19(24)17(14)10-15)16-5-6-18-13(9-16)7-8-21(18)2/h3-11,24H,1-2H3,(H,20,23). The predicted octanol–water partition coefficient (Wildman–Crippen LogP) is 3.79. The number of amides is 1. The molecule has 2 heterocycles. The van der Waals surface area contributed by atoms with Crippen molar-refractivity contribution in [2.24, 2.45) is 7.05 Å². The molecule has 0 aliphatic heterocycles. The van der Waals surface area contributed by atoms with Crippen molar-refractivity contribution in [3.63, 3.8) is 0 Å². The van der Waals surface area contributed by atoms with Crippen LogP contribution in [0.5, 0.6) is 5.88 Å². The molecule has 0 bridgehead atoms. The molecule has 1 amide bonds. The van der Waals surface area contributed by atoms with E-state index in [1.165, 1.54) is 6.92 Å². The zero-order valence-corrected chi connectivity index (χ0v) is 13.4. The lowest BCUT2D eigenvalue weighted by Gasteiger charge is -2.06. The van der Waals surface area contributed by atoms with Gasteiger partial charge in [-0.25, -0.2) is 0 Å². The molecule has 4 aromatic rings. The molecule has 0 fully saturated rings. The van der Waals surface area contributed by atoms with Crippen LogP contribution in [0.2, 0.25) is 0 Å². The molecule has 5 heteroatoms. The summed E-state index contributed by atoms with van der Waals surface area (Å²) in [6, 6.07) is 13.6. The Morgan fingerprint density at radius 3 is 2.71 bits per heavy atom.